The van der Waals surface area contributed by atoms with Gasteiger partial charge in [0, 0.05) is 31.4 Å². The first kappa shape index (κ1) is 32.6. The summed E-state index contributed by atoms with van der Waals surface area (Å²) in [5.74, 6) is -1.40. The second-order valence-electron chi connectivity index (χ2n) is 10.9. The van der Waals surface area contributed by atoms with Gasteiger partial charge in [-0.3, -0.25) is 14.4 Å². The summed E-state index contributed by atoms with van der Waals surface area (Å²) in [5.41, 5.74) is -0.714. The first-order chi connectivity index (χ1) is 20.2. The number of pyridine rings is 1. The van der Waals surface area contributed by atoms with E-state index in [-0.39, 0.29) is 31.0 Å². The summed E-state index contributed by atoms with van der Waals surface area (Å²) < 4.78 is 26.7. The molecule has 12 nitrogen and oxygen atoms in total. The lowest BCUT2D eigenvalue weighted by Crippen LogP contribution is -2.44. The molecule has 3 rings (SSSR count). The van der Waals surface area contributed by atoms with Gasteiger partial charge in [-0.2, -0.15) is 0 Å². The van der Waals surface area contributed by atoms with E-state index in [1.165, 1.54) is 56.6 Å². The maximum Gasteiger partial charge on any atom is 0.419 e. The highest BCUT2D eigenvalue weighted by Gasteiger charge is 2.24. The van der Waals surface area contributed by atoms with Crippen molar-refractivity contribution in [1.29, 1.82) is 0 Å². The summed E-state index contributed by atoms with van der Waals surface area (Å²) in [6.45, 7) is 5.05. The molecule has 1 aromatic carbocycles. The van der Waals surface area contributed by atoms with Gasteiger partial charge >= 0.3 is 12.2 Å². The lowest BCUT2D eigenvalue weighted by molar-refractivity contribution is -0.123. The molecule has 43 heavy (non-hydrogen) atoms. The summed E-state index contributed by atoms with van der Waals surface area (Å²) in [6.07, 6.45) is 3.26. The molecule has 1 atom stereocenters. The van der Waals surface area contributed by atoms with Crippen molar-refractivity contribution in [3.8, 4) is 0 Å². The summed E-state index contributed by atoms with van der Waals surface area (Å²) in [6, 6.07) is 7.41. The van der Waals surface area contributed by atoms with Gasteiger partial charge in [-0.15, -0.1) is 0 Å². The second-order valence-corrected chi connectivity index (χ2v) is 10.9. The van der Waals surface area contributed by atoms with Crippen molar-refractivity contribution in [2.75, 3.05) is 26.5 Å². The van der Waals surface area contributed by atoms with E-state index < -0.39 is 41.1 Å². The minimum Gasteiger partial charge on any atom is -0.453 e. The van der Waals surface area contributed by atoms with Crippen molar-refractivity contribution in [2.24, 2.45) is 0 Å². The largest absolute Gasteiger partial charge is 0.453 e. The van der Waals surface area contributed by atoms with Gasteiger partial charge in [0.1, 0.15) is 23.1 Å². The molecule has 0 aliphatic heterocycles. The molecule has 2 N–H and O–H groups in total. The van der Waals surface area contributed by atoms with Crippen molar-refractivity contribution in [1.82, 2.24) is 19.4 Å². The van der Waals surface area contributed by atoms with E-state index in [0.29, 0.717) is 16.6 Å². The summed E-state index contributed by atoms with van der Waals surface area (Å²) in [5, 5.41) is 5.42. The van der Waals surface area contributed by atoms with Crippen LogP contribution in [0.3, 0.4) is 0 Å². The number of carbonyl (C=O) groups excluding carboxylic acids is 4. The third-order valence-electron chi connectivity index (χ3n) is 6.14. The first-order valence-electron chi connectivity index (χ1n) is 13.5. The number of rotatable bonds is 9. The predicted octanol–water partition coefficient (Wildman–Crippen LogP) is 3.86. The van der Waals surface area contributed by atoms with Crippen LogP contribution in [-0.4, -0.2) is 70.9 Å². The lowest BCUT2D eigenvalue weighted by atomic mass is 10.1. The van der Waals surface area contributed by atoms with Gasteiger partial charge < -0.3 is 29.6 Å². The molecule has 2 aromatic heterocycles. The zero-order valence-electron chi connectivity index (χ0n) is 25.0. The average Bonchev–Trinajstić information content (AvgIpc) is 3.28. The standard InChI is InChI=1S/C30H36FN5O7/c1-30(2,3)43-29(41)36-21(17-19-16-20(31)13-14-24(19)36)18-35-15-9-11-23(27(35)39)32-26(38)22(33-28(40)42-6)10-7-8-12-25(37)34(4)5/h8-9,11-17,22H,7,10,18H2,1-6H3,(H,32,38)(H,33,40)/b12-8+/t22-/m0/s1. The highest BCUT2D eigenvalue weighted by atomic mass is 19.1. The molecule has 0 saturated heterocycles. The number of aromatic nitrogens is 2. The molecule has 0 saturated carbocycles. The maximum absolute atomic E-state index is 14.0. The van der Waals surface area contributed by atoms with Gasteiger partial charge in [-0.05, 0) is 76.1 Å². The van der Waals surface area contributed by atoms with E-state index in [9.17, 15) is 28.4 Å². The molecular weight excluding hydrogens is 561 g/mol. The molecule has 0 aliphatic rings. The van der Waals surface area contributed by atoms with Gasteiger partial charge in [-0.1, -0.05) is 6.08 Å². The number of methoxy groups -OCH3 is 1. The van der Waals surface area contributed by atoms with Gasteiger partial charge in [0.05, 0.1) is 19.2 Å². The van der Waals surface area contributed by atoms with Crippen LogP contribution in [0.1, 0.15) is 39.3 Å². The number of allylic oxidation sites excluding steroid dienone is 1. The molecule has 2 heterocycles. The average molecular weight is 598 g/mol. The van der Waals surface area contributed by atoms with Crippen LogP contribution in [-0.2, 0) is 25.6 Å². The molecular formula is C30H36FN5O7. The van der Waals surface area contributed by atoms with Crippen molar-refractivity contribution >= 4 is 40.6 Å². The first-order valence-corrected chi connectivity index (χ1v) is 13.5. The fraction of sp³-hybridized carbons (Fsp3) is 0.367. The monoisotopic (exact) mass is 597 g/mol. The molecule has 230 valence electrons. The van der Waals surface area contributed by atoms with E-state index in [0.717, 1.165) is 7.11 Å². The predicted molar refractivity (Wildman–Crippen MR) is 158 cm³/mol. The Balaban J connectivity index is 1.88. The topological polar surface area (TPSA) is 141 Å². The molecule has 0 radical (unpaired) electrons. The molecule has 0 aliphatic carbocycles. The number of fused-ring (bicyclic) bond motifs is 1. The molecule has 0 bridgehead atoms. The molecule has 0 fully saturated rings. The lowest BCUT2D eigenvalue weighted by Gasteiger charge is -2.21. The second kappa shape index (κ2) is 13.8. The highest BCUT2D eigenvalue weighted by Crippen LogP contribution is 2.24. The zero-order valence-corrected chi connectivity index (χ0v) is 25.0. The number of nitrogens with zero attached hydrogens (tertiary/aromatic N) is 3. The van der Waals surface area contributed by atoms with Gasteiger partial charge in [0.2, 0.25) is 11.8 Å². The van der Waals surface area contributed by atoms with Crippen LogP contribution in [0.5, 0.6) is 0 Å². The van der Waals surface area contributed by atoms with Crippen LogP contribution in [0, 0.1) is 5.82 Å². The third-order valence-corrected chi connectivity index (χ3v) is 6.14. The van der Waals surface area contributed by atoms with Gasteiger partial charge in [0.25, 0.3) is 5.56 Å². The van der Waals surface area contributed by atoms with E-state index in [4.69, 9.17) is 4.74 Å². The summed E-state index contributed by atoms with van der Waals surface area (Å²) >= 11 is 0. The number of halogens is 1. The Morgan fingerprint density at radius 3 is 2.49 bits per heavy atom. The van der Waals surface area contributed by atoms with Crippen molar-refractivity contribution in [3.05, 3.63) is 76.6 Å². The minimum atomic E-state index is -1.08. The van der Waals surface area contributed by atoms with Gasteiger partial charge in [-0.25, -0.2) is 18.5 Å². The van der Waals surface area contributed by atoms with Gasteiger partial charge in [0.15, 0.2) is 0 Å². The molecule has 13 heteroatoms. The number of carbonyl (C=O) groups is 4. The van der Waals surface area contributed by atoms with Crippen molar-refractivity contribution in [3.63, 3.8) is 0 Å². The third kappa shape index (κ3) is 8.77. The van der Waals surface area contributed by atoms with Crippen LogP contribution >= 0.6 is 0 Å². The Morgan fingerprint density at radius 2 is 1.84 bits per heavy atom. The van der Waals surface area contributed by atoms with Crippen LogP contribution < -0.4 is 16.2 Å². The van der Waals surface area contributed by atoms with E-state index in [1.54, 1.807) is 47.0 Å². The number of amides is 3. The van der Waals surface area contributed by atoms with E-state index in [2.05, 4.69) is 15.4 Å². The quantitative estimate of drug-likeness (QED) is 0.357. The van der Waals surface area contributed by atoms with Crippen LogP contribution in [0.25, 0.3) is 10.9 Å². The number of hydrogen-bond donors (Lipinski definition) is 2. The number of anilines is 1. The Bertz CT molecular complexity index is 1600. The number of ether oxygens (including phenoxy) is 2. The fourth-order valence-corrected chi connectivity index (χ4v) is 4.10. The van der Waals surface area contributed by atoms with Crippen LogP contribution in [0.2, 0.25) is 0 Å². The molecule has 0 spiro atoms. The van der Waals surface area contributed by atoms with Crippen molar-refractivity contribution in [2.45, 2.75) is 51.8 Å². The van der Waals surface area contributed by atoms with Crippen LogP contribution in [0.4, 0.5) is 19.7 Å². The number of benzene rings is 1. The molecule has 0 unspecified atom stereocenters. The number of alkyl carbamates (subject to hydrolysis) is 1. The minimum absolute atomic E-state index is 0.0755. The van der Waals surface area contributed by atoms with E-state index in [1.807, 2.05) is 0 Å². The molecule has 3 aromatic rings. The van der Waals surface area contributed by atoms with Crippen molar-refractivity contribution < 1.29 is 33.0 Å². The summed E-state index contributed by atoms with van der Waals surface area (Å²) in [7, 11) is 4.36. The Kier molecular flexibility index (Phi) is 10.5. The number of likely N-dealkylation sites (N-methyl/N-ethyl adjacent to an activating group) is 1. The Hall–Kier alpha value is -4.94. The number of nitrogens with one attached hydrogen (secondary N) is 2. The highest BCUT2D eigenvalue weighted by molar-refractivity contribution is 5.96. The van der Waals surface area contributed by atoms with Crippen LogP contribution in [0.15, 0.2) is 59.5 Å². The van der Waals surface area contributed by atoms with E-state index >= 15 is 0 Å². The fourth-order valence-electron chi connectivity index (χ4n) is 4.10. The molecule has 3 amide bonds. The maximum atomic E-state index is 14.0. The smallest absolute Gasteiger partial charge is 0.419 e. The Labute approximate surface area is 248 Å². The normalized spacial score (nSPS) is 12.2. The Morgan fingerprint density at radius 1 is 1.12 bits per heavy atom. The summed E-state index contributed by atoms with van der Waals surface area (Å²) in [4.78, 5) is 64.7. The number of hydrogen-bond acceptors (Lipinski definition) is 7. The SMILES string of the molecule is COC(=O)N[C@@H](CC/C=C/C(=O)N(C)C)C(=O)Nc1cccn(Cc2cc3cc(F)ccc3n2C(=O)OC(C)(C)C)c1=O. The zero-order chi connectivity index (χ0) is 31.9.